The molecule has 0 amide bonds. The number of alkyl halides is 10. The zero-order valence-corrected chi connectivity index (χ0v) is 18.1. The lowest BCUT2D eigenvalue weighted by atomic mass is 9.92. The number of halogens is 11. The maximum absolute atomic E-state index is 14.8. The Kier molecular flexibility index (Phi) is 5.96. The zero-order valence-electron chi connectivity index (χ0n) is 14.9. The summed E-state index contributed by atoms with van der Waals surface area (Å²) >= 11 is 4.09. The lowest BCUT2D eigenvalue weighted by molar-refractivity contribution is -0.282. The van der Waals surface area contributed by atoms with Crippen LogP contribution in [0.1, 0.15) is 16.7 Å². The van der Waals surface area contributed by atoms with Gasteiger partial charge < -0.3 is 4.90 Å². The van der Waals surface area contributed by atoms with Crippen molar-refractivity contribution >= 4 is 49.3 Å². The average Bonchev–Trinajstić information content (AvgIpc) is 2.64. The number of nitrogens with zero attached hydrogens (tertiary/aromatic N) is 1. The van der Waals surface area contributed by atoms with Crippen molar-refractivity contribution in [2.75, 3.05) is 11.4 Å². The molecular formula is C19H10Br2F9N. The molecule has 0 radical (unpaired) electrons. The van der Waals surface area contributed by atoms with Gasteiger partial charge in [-0.2, -0.15) is 35.1 Å². The van der Waals surface area contributed by atoms with Gasteiger partial charge >= 0.3 is 22.9 Å². The van der Waals surface area contributed by atoms with E-state index in [4.69, 9.17) is 0 Å². The number of hydrogen-bond acceptors (Lipinski definition) is 1. The summed E-state index contributed by atoms with van der Waals surface area (Å²) in [7, 11) is 0. The highest BCUT2D eigenvalue weighted by Crippen LogP contribution is 2.57. The van der Waals surface area contributed by atoms with Crippen molar-refractivity contribution in [2.45, 2.75) is 22.9 Å². The van der Waals surface area contributed by atoms with Gasteiger partial charge in [-0.3, -0.25) is 0 Å². The predicted octanol–water partition coefficient (Wildman–Crippen LogP) is 8.35. The highest BCUT2D eigenvalue weighted by molar-refractivity contribution is 9.10. The van der Waals surface area contributed by atoms with Crippen LogP contribution in [0.3, 0.4) is 0 Å². The summed E-state index contributed by atoms with van der Waals surface area (Å²) < 4.78 is 123. The van der Waals surface area contributed by atoms with Crippen LogP contribution in [-0.2, 0) is 11.8 Å². The molecule has 1 unspecified atom stereocenters. The molecule has 168 valence electrons. The van der Waals surface area contributed by atoms with E-state index >= 15 is 0 Å². The summed E-state index contributed by atoms with van der Waals surface area (Å²) in [6.45, 7) is -0.0906. The monoisotopic (exact) mass is 581 g/mol. The number of benzene rings is 2. The standard InChI is InChI=1S/C19H10Br2F9N/c20-13-9-11(16(22,18(21,26)27)19(28,29)30)8-12(17(23,24)25)15(13)31-7-3-5-10-4-1-2-6-14(10)31/h1-6,8-9H,7H2. The van der Waals surface area contributed by atoms with E-state index in [9.17, 15) is 39.5 Å². The lowest BCUT2D eigenvalue weighted by Gasteiger charge is -2.35. The molecule has 0 bridgehead atoms. The van der Waals surface area contributed by atoms with Crippen molar-refractivity contribution in [3.8, 4) is 0 Å². The molecule has 0 spiro atoms. The summed E-state index contributed by atoms with van der Waals surface area (Å²) in [5.41, 5.74) is -8.82. The summed E-state index contributed by atoms with van der Waals surface area (Å²) in [4.78, 5) is -4.09. The molecule has 0 N–H and O–H groups in total. The fourth-order valence-electron chi connectivity index (χ4n) is 3.25. The minimum atomic E-state index is -6.22. The molecule has 2 aromatic carbocycles. The Balaban J connectivity index is 2.32. The Morgan fingerprint density at radius 3 is 2.03 bits per heavy atom. The maximum atomic E-state index is 14.8. The predicted molar refractivity (Wildman–Crippen MR) is 104 cm³/mol. The molecule has 1 aliphatic heterocycles. The van der Waals surface area contributed by atoms with E-state index in [1.807, 2.05) is 0 Å². The number of fused-ring (bicyclic) bond motifs is 1. The fraction of sp³-hybridized carbons (Fsp3) is 0.263. The molecule has 12 heteroatoms. The molecule has 0 saturated carbocycles. The van der Waals surface area contributed by atoms with E-state index in [1.54, 1.807) is 24.3 Å². The number of anilines is 2. The third kappa shape index (κ3) is 4.08. The SMILES string of the molecule is FC(F)(F)c1cc(C(F)(C(F)(F)F)C(F)(F)Br)cc(Br)c1N1CC=Cc2ccccc21. The smallest absolute Gasteiger partial charge is 0.336 e. The second-order valence-electron chi connectivity index (χ2n) is 6.58. The van der Waals surface area contributed by atoms with E-state index in [1.165, 1.54) is 28.1 Å². The van der Waals surface area contributed by atoms with E-state index in [0.717, 1.165) is 4.90 Å². The number of hydrogen-bond donors (Lipinski definition) is 0. The highest BCUT2D eigenvalue weighted by atomic mass is 79.9. The molecule has 1 nitrogen and oxygen atoms in total. The van der Waals surface area contributed by atoms with Gasteiger partial charge in [-0.05, 0) is 55.6 Å². The minimum absolute atomic E-state index is 0.0906. The molecule has 1 aliphatic rings. The third-order valence-electron chi connectivity index (χ3n) is 4.63. The van der Waals surface area contributed by atoms with Crippen LogP contribution in [0.5, 0.6) is 0 Å². The first-order valence-electron chi connectivity index (χ1n) is 8.35. The first-order valence-corrected chi connectivity index (χ1v) is 9.94. The Bertz CT molecular complexity index is 1010. The van der Waals surface area contributed by atoms with Crippen molar-refractivity contribution in [2.24, 2.45) is 0 Å². The van der Waals surface area contributed by atoms with Crippen molar-refractivity contribution in [3.05, 3.63) is 63.6 Å². The summed E-state index contributed by atoms with van der Waals surface area (Å²) in [5, 5.41) is 0. The van der Waals surface area contributed by atoms with Gasteiger partial charge in [0.15, 0.2) is 0 Å². The molecule has 0 aromatic heterocycles. The first kappa shape index (κ1) is 24.0. The summed E-state index contributed by atoms with van der Waals surface area (Å²) in [6.07, 6.45) is -8.34. The molecule has 0 saturated heterocycles. The molecule has 0 fully saturated rings. The van der Waals surface area contributed by atoms with Crippen LogP contribution in [0.15, 0.2) is 46.9 Å². The molecule has 3 rings (SSSR count). The van der Waals surface area contributed by atoms with E-state index in [-0.39, 0.29) is 18.7 Å². The van der Waals surface area contributed by atoms with Crippen LogP contribution in [0, 0.1) is 0 Å². The van der Waals surface area contributed by atoms with Crippen LogP contribution in [0.2, 0.25) is 0 Å². The lowest BCUT2D eigenvalue weighted by Crippen LogP contribution is -2.49. The number of rotatable bonds is 3. The van der Waals surface area contributed by atoms with Gasteiger partial charge in [-0.25, -0.2) is 4.39 Å². The summed E-state index contributed by atoms with van der Waals surface area (Å²) in [6, 6.07) is 6.32. The van der Waals surface area contributed by atoms with Crippen molar-refractivity contribution in [3.63, 3.8) is 0 Å². The fourth-order valence-corrected chi connectivity index (χ4v) is 4.37. The Morgan fingerprint density at radius 2 is 1.48 bits per heavy atom. The van der Waals surface area contributed by atoms with Gasteiger partial charge in [-0.1, -0.05) is 30.4 Å². The van der Waals surface area contributed by atoms with Gasteiger partial charge in [0.05, 0.1) is 11.3 Å². The Morgan fingerprint density at radius 1 is 0.871 bits per heavy atom. The third-order valence-corrected chi connectivity index (χ3v) is 5.78. The second kappa shape index (κ2) is 7.72. The van der Waals surface area contributed by atoms with Crippen LogP contribution in [0.4, 0.5) is 50.9 Å². The topological polar surface area (TPSA) is 3.24 Å². The van der Waals surface area contributed by atoms with Crippen LogP contribution in [0.25, 0.3) is 6.08 Å². The second-order valence-corrected chi connectivity index (χ2v) is 8.43. The molecule has 31 heavy (non-hydrogen) atoms. The van der Waals surface area contributed by atoms with Crippen LogP contribution < -0.4 is 4.90 Å². The van der Waals surface area contributed by atoms with Crippen molar-refractivity contribution in [1.82, 2.24) is 0 Å². The molecule has 2 aromatic rings. The molecule has 1 atom stereocenters. The maximum Gasteiger partial charge on any atom is 0.433 e. The molecule has 1 heterocycles. The van der Waals surface area contributed by atoms with Gasteiger partial charge in [-0.15, -0.1) is 0 Å². The van der Waals surface area contributed by atoms with Gasteiger partial charge in [0.2, 0.25) is 0 Å². The van der Waals surface area contributed by atoms with Gasteiger partial charge in [0.25, 0.3) is 0 Å². The largest absolute Gasteiger partial charge is 0.433 e. The molecular weight excluding hydrogens is 573 g/mol. The quantitative estimate of drug-likeness (QED) is 0.260. The normalized spacial score (nSPS) is 16.8. The van der Waals surface area contributed by atoms with Crippen LogP contribution in [-0.4, -0.2) is 17.6 Å². The van der Waals surface area contributed by atoms with E-state index in [2.05, 4.69) is 15.9 Å². The zero-order chi connectivity index (χ0) is 23.4. The average molecular weight is 583 g/mol. The first-order chi connectivity index (χ1) is 14.1. The van der Waals surface area contributed by atoms with Gasteiger partial charge in [0, 0.05) is 22.3 Å². The van der Waals surface area contributed by atoms with E-state index < -0.39 is 44.1 Å². The molecule has 0 aliphatic carbocycles. The Hall–Kier alpha value is -1.69. The van der Waals surface area contributed by atoms with Crippen LogP contribution >= 0.6 is 31.9 Å². The van der Waals surface area contributed by atoms with Crippen molar-refractivity contribution < 1.29 is 39.5 Å². The number of para-hydroxylation sites is 1. The van der Waals surface area contributed by atoms with Crippen molar-refractivity contribution in [1.29, 1.82) is 0 Å². The highest BCUT2D eigenvalue weighted by Gasteiger charge is 2.71. The van der Waals surface area contributed by atoms with E-state index in [0.29, 0.717) is 11.3 Å². The van der Waals surface area contributed by atoms with Gasteiger partial charge in [0.1, 0.15) is 0 Å². The Labute approximate surface area is 186 Å². The minimum Gasteiger partial charge on any atom is -0.336 e. The summed E-state index contributed by atoms with van der Waals surface area (Å²) in [5.74, 6) is 0.